The van der Waals surface area contributed by atoms with Crippen molar-refractivity contribution in [2.45, 2.75) is 32.9 Å². The average molecular weight is 283 g/mol. The third-order valence-corrected chi connectivity index (χ3v) is 2.49. The predicted molar refractivity (Wildman–Crippen MR) is 75.1 cm³/mol. The monoisotopic (exact) mass is 283 g/mol. The second-order valence-electron chi connectivity index (χ2n) is 5.73. The molecule has 0 spiro atoms. The van der Waals surface area contributed by atoms with E-state index in [0.29, 0.717) is 6.54 Å². The van der Waals surface area contributed by atoms with Gasteiger partial charge in [-0.1, -0.05) is 6.07 Å². The number of rotatable bonds is 5. The van der Waals surface area contributed by atoms with E-state index in [2.05, 4.69) is 0 Å². The molecule has 0 bridgehead atoms. The highest BCUT2D eigenvalue weighted by Gasteiger charge is 2.17. The molecular formula is C15H22FNO3. The fourth-order valence-corrected chi connectivity index (χ4v) is 1.77. The highest BCUT2D eigenvalue weighted by Crippen LogP contribution is 2.18. The molecule has 0 aliphatic rings. The summed E-state index contributed by atoms with van der Waals surface area (Å²) in [6.45, 7) is 6.09. The summed E-state index contributed by atoms with van der Waals surface area (Å²) in [5, 5.41) is 0. The molecule has 112 valence electrons. The number of esters is 1. The van der Waals surface area contributed by atoms with Crippen LogP contribution in [-0.2, 0) is 16.1 Å². The molecule has 4 nitrogen and oxygen atoms in total. The van der Waals surface area contributed by atoms with Gasteiger partial charge in [-0.2, -0.15) is 0 Å². The molecule has 0 unspecified atom stereocenters. The van der Waals surface area contributed by atoms with E-state index in [4.69, 9.17) is 9.47 Å². The van der Waals surface area contributed by atoms with E-state index in [-0.39, 0.29) is 18.3 Å². The number of nitrogens with zero attached hydrogens (tertiary/aromatic N) is 1. The van der Waals surface area contributed by atoms with Gasteiger partial charge in [0.05, 0.1) is 13.7 Å². The molecule has 0 atom stereocenters. The summed E-state index contributed by atoms with van der Waals surface area (Å²) in [6, 6.07) is 4.75. The molecule has 0 radical (unpaired) electrons. The summed E-state index contributed by atoms with van der Waals surface area (Å²) in [5.41, 5.74) is 0.277. The molecule has 0 aliphatic heterocycles. The minimum atomic E-state index is -0.496. The number of carbonyl (C=O) groups is 1. The molecule has 20 heavy (non-hydrogen) atoms. The van der Waals surface area contributed by atoms with Crippen LogP contribution in [0.5, 0.6) is 5.75 Å². The Morgan fingerprint density at radius 1 is 1.35 bits per heavy atom. The molecule has 0 amide bonds. The highest BCUT2D eigenvalue weighted by atomic mass is 19.1. The van der Waals surface area contributed by atoms with Crippen molar-refractivity contribution in [3.05, 3.63) is 29.6 Å². The van der Waals surface area contributed by atoms with Gasteiger partial charge in [-0.05, 0) is 45.5 Å². The van der Waals surface area contributed by atoms with E-state index in [9.17, 15) is 9.18 Å². The van der Waals surface area contributed by atoms with Gasteiger partial charge >= 0.3 is 5.97 Å². The Bertz CT molecular complexity index is 469. The number of methoxy groups -OCH3 is 1. The Kier molecular flexibility index (Phi) is 5.51. The van der Waals surface area contributed by atoms with Crippen molar-refractivity contribution in [2.75, 3.05) is 20.7 Å². The molecule has 1 rings (SSSR count). The van der Waals surface area contributed by atoms with Crippen molar-refractivity contribution in [1.82, 2.24) is 4.90 Å². The van der Waals surface area contributed by atoms with Gasteiger partial charge in [0.25, 0.3) is 0 Å². The van der Waals surface area contributed by atoms with Crippen molar-refractivity contribution in [3.8, 4) is 5.75 Å². The van der Waals surface area contributed by atoms with Gasteiger partial charge in [0, 0.05) is 6.54 Å². The summed E-state index contributed by atoms with van der Waals surface area (Å²) < 4.78 is 23.6. The van der Waals surface area contributed by atoms with Crippen molar-refractivity contribution in [1.29, 1.82) is 0 Å². The smallest absolute Gasteiger partial charge is 0.320 e. The molecule has 0 aromatic heterocycles. The maximum Gasteiger partial charge on any atom is 0.320 e. The quantitative estimate of drug-likeness (QED) is 0.779. The van der Waals surface area contributed by atoms with Gasteiger partial charge in [0.15, 0.2) is 11.6 Å². The molecule has 0 aliphatic carbocycles. The summed E-state index contributed by atoms with van der Waals surface area (Å²) in [6.07, 6.45) is 0. The summed E-state index contributed by atoms with van der Waals surface area (Å²) in [4.78, 5) is 13.4. The molecule has 0 heterocycles. The first-order valence-corrected chi connectivity index (χ1v) is 6.44. The Labute approximate surface area is 119 Å². The van der Waals surface area contributed by atoms with E-state index >= 15 is 0 Å². The van der Waals surface area contributed by atoms with Crippen LogP contribution in [0.3, 0.4) is 0 Å². The number of hydrogen-bond donors (Lipinski definition) is 0. The van der Waals surface area contributed by atoms with Crippen LogP contribution in [0.4, 0.5) is 4.39 Å². The number of carbonyl (C=O) groups excluding carboxylic acids is 1. The normalized spacial score (nSPS) is 11.6. The molecule has 1 aromatic carbocycles. The van der Waals surface area contributed by atoms with Crippen molar-refractivity contribution in [3.63, 3.8) is 0 Å². The zero-order valence-corrected chi connectivity index (χ0v) is 12.7. The summed E-state index contributed by atoms with van der Waals surface area (Å²) in [7, 11) is 3.21. The van der Waals surface area contributed by atoms with Gasteiger partial charge in [-0.3, -0.25) is 9.69 Å². The van der Waals surface area contributed by atoms with Crippen molar-refractivity contribution < 1.29 is 18.7 Å². The largest absolute Gasteiger partial charge is 0.494 e. The number of hydrogen-bond acceptors (Lipinski definition) is 4. The Hall–Kier alpha value is -1.62. The Morgan fingerprint density at radius 2 is 2.00 bits per heavy atom. The molecule has 0 N–H and O–H groups in total. The van der Waals surface area contributed by atoms with Crippen LogP contribution >= 0.6 is 0 Å². The van der Waals surface area contributed by atoms with Gasteiger partial charge in [-0.15, -0.1) is 0 Å². The lowest BCUT2D eigenvalue weighted by atomic mass is 10.2. The number of ether oxygens (including phenoxy) is 2. The summed E-state index contributed by atoms with van der Waals surface area (Å²) >= 11 is 0. The van der Waals surface area contributed by atoms with E-state index in [1.807, 2.05) is 20.8 Å². The van der Waals surface area contributed by atoms with Gasteiger partial charge in [0.1, 0.15) is 5.60 Å². The van der Waals surface area contributed by atoms with Gasteiger partial charge < -0.3 is 9.47 Å². The lowest BCUT2D eigenvalue weighted by Crippen LogP contribution is -2.32. The number of likely N-dealkylation sites (N-methyl/N-ethyl adjacent to an activating group) is 1. The second kappa shape index (κ2) is 6.70. The van der Waals surface area contributed by atoms with E-state index in [0.717, 1.165) is 5.56 Å². The SMILES string of the molecule is COc1ccc(CN(C)CC(=O)OC(C)(C)C)cc1F. The first-order valence-electron chi connectivity index (χ1n) is 6.44. The van der Waals surface area contributed by atoms with Crippen LogP contribution in [0.25, 0.3) is 0 Å². The third-order valence-electron chi connectivity index (χ3n) is 2.49. The first-order chi connectivity index (χ1) is 9.21. The zero-order valence-electron chi connectivity index (χ0n) is 12.7. The second-order valence-corrected chi connectivity index (χ2v) is 5.73. The van der Waals surface area contributed by atoms with E-state index in [1.165, 1.54) is 13.2 Å². The highest BCUT2D eigenvalue weighted by molar-refractivity contribution is 5.72. The summed E-state index contributed by atoms with van der Waals surface area (Å²) in [5.74, 6) is -0.492. The van der Waals surface area contributed by atoms with E-state index < -0.39 is 11.4 Å². The van der Waals surface area contributed by atoms with Crippen molar-refractivity contribution in [2.24, 2.45) is 0 Å². The maximum absolute atomic E-state index is 13.6. The topological polar surface area (TPSA) is 38.8 Å². The van der Waals surface area contributed by atoms with Crippen LogP contribution in [0.15, 0.2) is 18.2 Å². The Morgan fingerprint density at radius 3 is 2.50 bits per heavy atom. The first kappa shape index (κ1) is 16.4. The third kappa shape index (κ3) is 5.57. The molecule has 0 saturated carbocycles. The molecule has 1 aromatic rings. The molecule has 0 saturated heterocycles. The van der Waals surface area contributed by atoms with E-state index in [1.54, 1.807) is 24.1 Å². The standard InChI is InChI=1S/C15H22FNO3/c1-15(2,3)20-14(18)10-17(4)9-11-6-7-13(19-5)12(16)8-11/h6-8H,9-10H2,1-5H3. The lowest BCUT2D eigenvalue weighted by Gasteiger charge is -2.22. The fraction of sp³-hybridized carbons (Fsp3) is 0.533. The van der Waals surface area contributed by atoms with Crippen LogP contribution in [0.1, 0.15) is 26.3 Å². The lowest BCUT2D eigenvalue weighted by molar-refractivity contribution is -0.155. The minimum absolute atomic E-state index is 0.158. The fourth-order valence-electron chi connectivity index (χ4n) is 1.77. The molecular weight excluding hydrogens is 261 g/mol. The average Bonchev–Trinajstić information content (AvgIpc) is 2.25. The maximum atomic E-state index is 13.6. The number of benzene rings is 1. The van der Waals surface area contributed by atoms with Gasteiger partial charge in [-0.25, -0.2) is 4.39 Å². The minimum Gasteiger partial charge on any atom is -0.494 e. The van der Waals surface area contributed by atoms with Crippen LogP contribution in [-0.4, -0.2) is 37.2 Å². The van der Waals surface area contributed by atoms with Crippen LogP contribution < -0.4 is 4.74 Å². The van der Waals surface area contributed by atoms with Crippen LogP contribution in [0, 0.1) is 5.82 Å². The molecule has 5 heteroatoms. The molecule has 0 fully saturated rings. The predicted octanol–water partition coefficient (Wildman–Crippen LogP) is 2.61. The van der Waals surface area contributed by atoms with Crippen molar-refractivity contribution >= 4 is 5.97 Å². The van der Waals surface area contributed by atoms with Gasteiger partial charge in [0.2, 0.25) is 0 Å². The zero-order chi connectivity index (χ0) is 15.3. The van der Waals surface area contributed by atoms with Crippen LogP contribution in [0.2, 0.25) is 0 Å². The number of halogens is 1. The Balaban J connectivity index is 2.56.